The summed E-state index contributed by atoms with van der Waals surface area (Å²) in [6.07, 6.45) is 5.78. The zero-order chi connectivity index (χ0) is 24.2. The van der Waals surface area contributed by atoms with Gasteiger partial charge in [0.1, 0.15) is 18.0 Å². The van der Waals surface area contributed by atoms with E-state index in [0.717, 1.165) is 35.4 Å². The maximum Gasteiger partial charge on any atom is 0.250 e. The number of nitrogens with one attached hydrogen (secondary N) is 1. The highest BCUT2D eigenvalue weighted by atomic mass is 16.1. The average molecular weight is 467 g/mol. The largest absolute Gasteiger partial charge is 0.366 e. The summed E-state index contributed by atoms with van der Waals surface area (Å²) >= 11 is 0. The van der Waals surface area contributed by atoms with Crippen LogP contribution in [0.4, 0.5) is 11.6 Å². The van der Waals surface area contributed by atoms with Gasteiger partial charge in [0.05, 0.1) is 11.1 Å². The standard InChI is InChI=1S/C27H26N6O2/c28-26(35)21-7-4-8-22-25(21)31-17-32-27(22)30-15-19-6-3-5-18(13-19)14-23(34)20-9-10-24(29-16-20)33-11-1-2-12-33/h3-10,13,16-17H,1-2,11-12,14-15H2,(H2,28,35)(H,30,31,32). The molecule has 8 nitrogen and oxygen atoms in total. The minimum atomic E-state index is -0.529. The van der Waals surface area contributed by atoms with Crippen molar-refractivity contribution in [3.8, 4) is 0 Å². The Morgan fingerprint density at radius 1 is 0.943 bits per heavy atom. The molecule has 1 amide bonds. The molecule has 1 aliphatic heterocycles. The maximum absolute atomic E-state index is 12.8. The highest BCUT2D eigenvalue weighted by molar-refractivity contribution is 6.06. The van der Waals surface area contributed by atoms with Gasteiger partial charge in [-0.05, 0) is 48.2 Å². The number of carbonyl (C=O) groups excluding carboxylic acids is 2. The predicted octanol–water partition coefficient (Wildman–Crippen LogP) is 3.76. The number of nitrogens with two attached hydrogens (primary N) is 1. The van der Waals surface area contributed by atoms with Crippen LogP contribution in [0.3, 0.4) is 0 Å². The number of hydrogen-bond donors (Lipinski definition) is 2. The van der Waals surface area contributed by atoms with Crippen molar-refractivity contribution in [2.45, 2.75) is 25.8 Å². The van der Waals surface area contributed by atoms with Gasteiger partial charge in [-0.15, -0.1) is 0 Å². The van der Waals surface area contributed by atoms with E-state index in [2.05, 4.69) is 25.2 Å². The van der Waals surface area contributed by atoms with Gasteiger partial charge in [-0.2, -0.15) is 0 Å². The predicted molar refractivity (Wildman–Crippen MR) is 136 cm³/mol. The number of fused-ring (bicyclic) bond motifs is 1. The molecule has 1 saturated heterocycles. The first-order valence-electron chi connectivity index (χ1n) is 11.7. The van der Waals surface area contributed by atoms with Gasteiger partial charge in [-0.1, -0.05) is 30.3 Å². The molecule has 0 unspecified atom stereocenters. The van der Waals surface area contributed by atoms with E-state index in [1.165, 1.54) is 19.2 Å². The van der Waals surface area contributed by atoms with E-state index >= 15 is 0 Å². The van der Waals surface area contributed by atoms with Gasteiger partial charge in [-0.25, -0.2) is 15.0 Å². The summed E-state index contributed by atoms with van der Waals surface area (Å²) < 4.78 is 0. The number of ketones is 1. The van der Waals surface area contributed by atoms with Gasteiger partial charge in [0.15, 0.2) is 5.78 Å². The van der Waals surface area contributed by atoms with Crippen LogP contribution in [-0.2, 0) is 13.0 Å². The lowest BCUT2D eigenvalue weighted by Gasteiger charge is -2.16. The van der Waals surface area contributed by atoms with Gasteiger partial charge in [0.2, 0.25) is 0 Å². The van der Waals surface area contributed by atoms with E-state index in [4.69, 9.17) is 5.73 Å². The van der Waals surface area contributed by atoms with Crippen LogP contribution in [0, 0.1) is 0 Å². The lowest BCUT2D eigenvalue weighted by atomic mass is 10.0. The molecule has 0 bridgehead atoms. The van der Waals surface area contributed by atoms with Gasteiger partial charge >= 0.3 is 0 Å². The third kappa shape index (κ3) is 4.96. The lowest BCUT2D eigenvalue weighted by Crippen LogP contribution is -2.19. The average Bonchev–Trinajstić information content (AvgIpc) is 3.42. The smallest absolute Gasteiger partial charge is 0.250 e. The Morgan fingerprint density at radius 2 is 1.74 bits per heavy atom. The highest BCUT2D eigenvalue weighted by Gasteiger charge is 2.15. The topological polar surface area (TPSA) is 114 Å². The Balaban J connectivity index is 1.26. The minimum Gasteiger partial charge on any atom is -0.366 e. The molecule has 3 N–H and O–H groups in total. The van der Waals surface area contributed by atoms with Crippen molar-refractivity contribution in [3.05, 3.63) is 89.4 Å². The Labute approximate surface area is 203 Å². The highest BCUT2D eigenvalue weighted by Crippen LogP contribution is 2.23. The summed E-state index contributed by atoms with van der Waals surface area (Å²) in [5.74, 6) is 1.06. The molecule has 2 aromatic carbocycles. The summed E-state index contributed by atoms with van der Waals surface area (Å²) in [5.41, 5.74) is 8.91. The number of hydrogen-bond acceptors (Lipinski definition) is 7. The second kappa shape index (κ2) is 9.89. The number of pyridine rings is 1. The third-order valence-electron chi connectivity index (χ3n) is 6.25. The van der Waals surface area contributed by atoms with Crippen molar-refractivity contribution in [2.24, 2.45) is 5.73 Å². The molecule has 0 saturated carbocycles. The van der Waals surface area contributed by atoms with Crippen LogP contribution in [0.15, 0.2) is 67.1 Å². The summed E-state index contributed by atoms with van der Waals surface area (Å²) in [6.45, 7) is 2.55. The van der Waals surface area contributed by atoms with Gasteiger partial charge in [0, 0.05) is 43.2 Å². The monoisotopic (exact) mass is 466 g/mol. The van der Waals surface area contributed by atoms with Gasteiger partial charge < -0.3 is 16.0 Å². The van der Waals surface area contributed by atoms with E-state index in [0.29, 0.717) is 35.4 Å². The van der Waals surface area contributed by atoms with Gasteiger partial charge in [0.25, 0.3) is 5.91 Å². The second-order valence-corrected chi connectivity index (χ2v) is 8.66. The summed E-state index contributed by atoms with van der Waals surface area (Å²) in [7, 11) is 0. The Kier molecular flexibility index (Phi) is 6.34. The Hall–Kier alpha value is -4.33. The molecular formula is C27H26N6O2. The first-order valence-corrected chi connectivity index (χ1v) is 11.7. The number of para-hydroxylation sites is 1. The molecule has 5 rings (SSSR count). The van der Waals surface area contributed by atoms with Crippen molar-refractivity contribution in [3.63, 3.8) is 0 Å². The number of anilines is 2. The molecule has 0 aliphatic carbocycles. The van der Waals surface area contributed by atoms with Gasteiger partial charge in [-0.3, -0.25) is 9.59 Å². The molecule has 0 spiro atoms. The molecule has 8 heteroatoms. The zero-order valence-corrected chi connectivity index (χ0v) is 19.3. The van der Waals surface area contributed by atoms with Crippen LogP contribution in [0.2, 0.25) is 0 Å². The fourth-order valence-corrected chi connectivity index (χ4v) is 4.43. The Bertz CT molecular complexity index is 1380. The van der Waals surface area contributed by atoms with Crippen LogP contribution in [-0.4, -0.2) is 39.7 Å². The van der Waals surface area contributed by atoms with Crippen LogP contribution in [0.25, 0.3) is 10.9 Å². The van der Waals surface area contributed by atoms with Crippen molar-refractivity contribution in [1.29, 1.82) is 0 Å². The maximum atomic E-state index is 12.8. The molecule has 3 heterocycles. The number of carbonyl (C=O) groups is 2. The van der Waals surface area contributed by atoms with Crippen molar-refractivity contribution < 1.29 is 9.59 Å². The molecule has 1 aliphatic rings. The molecule has 35 heavy (non-hydrogen) atoms. The van der Waals surface area contributed by atoms with Crippen LogP contribution < -0.4 is 16.0 Å². The zero-order valence-electron chi connectivity index (χ0n) is 19.3. The van der Waals surface area contributed by atoms with Crippen molar-refractivity contribution in [2.75, 3.05) is 23.3 Å². The SMILES string of the molecule is NC(=O)c1cccc2c(NCc3cccc(CC(=O)c4ccc(N5CCCC5)nc4)c3)ncnc12. The van der Waals surface area contributed by atoms with E-state index in [1.807, 2.05) is 42.5 Å². The number of rotatable bonds is 8. The van der Waals surface area contributed by atoms with E-state index < -0.39 is 5.91 Å². The minimum absolute atomic E-state index is 0.0383. The quantitative estimate of drug-likeness (QED) is 0.380. The number of Topliss-reactive ketones (excluding diaryl/α,β-unsaturated/α-hetero) is 1. The molecule has 4 aromatic rings. The molecule has 0 atom stereocenters. The Morgan fingerprint density at radius 3 is 2.51 bits per heavy atom. The summed E-state index contributed by atoms with van der Waals surface area (Å²) in [4.78, 5) is 39.9. The fraction of sp³-hybridized carbons (Fsp3) is 0.222. The fourth-order valence-electron chi connectivity index (χ4n) is 4.43. The van der Waals surface area contributed by atoms with E-state index in [-0.39, 0.29) is 5.78 Å². The summed E-state index contributed by atoms with van der Waals surface area (Å²) in [6, 6.07) is 17.0. The number of nitrogens with zero attached hydrogens (tertiary/aromatic N) is 4. The first kappa shape index (κ1) is 22.5. The third-order valence-corrected chi connectivity index (χ3v) is 6.25. The van der Waals surface area contributed by atoms with E-state index in [1.54, 1.807) is 18.3 Å². The number of aromatic nitrogens is 3. The number of primary amides is 1. The van der Waals surface area contributed by atoms with Crippen LogP contribution in [0.5, 0.6) is 0 Å². The molecule has 176 valence electrons. The van der Waals surface area contributed by atoms with Crippen LogP contribution in [0.1, 0.15) is 44.7 Å². The molecule has 2 aromatic heterocycles. The normalized spacial score (nSPS) is 13.2. The summed E-state index contributed by atoms with van der Waals surface area (Å²) in [5, 5.41) is 4.03. The van der Waals surface area contributed by atoms with Crippen molar-refractivity contribution >= 4 is 34.2 Å². The van der Waals surface area contributed by atoms with E-state index in [9.17, 15) is 9.59 Å². The number of benzene rings is 2. The molecular weight excluding hydrogens is 440 g/mol. The molecule has 0 radical (unpaired) electrons. The lowest BCUT2D eigenvalue weighted by molar-refractivity contribution is 0.0987. The van der Waals surface area contributed by atoms with Crippen molar-refractivity contribution in [1.82, 2.24) is 15.0 Å². The first-order chi connectivity index (χ1) is 17.1. The molecule has 1 fully saturated rings. The van der Waals surface area contributed by atoms with Crippen LogP contribution >= 0.6 is 0 Å². The second-order valence-electron chi connectivity index (χ2n) is 8.66. The number of amides is 1.